The Hall–Kier alpha value is -3.27. The highest BCUT2D eigenvalue weighted by molar-refractivity contribution is 7.92. The van der Waals surface area contributed by atoms with Crippen molar-refractivity contribution in [3.8, 4) is 28.4 Å². The monoisotopic (exact) mass is 530 g/mol. The summed E-state index contributed by atoms with van der Waals surface area (Å²) in [6, 6.07) is 14.3. The molecule has 1 aliphatic heterocycles. The molecule has 1 heterocycles. The van der Waals surface area contributed by atoms with Crippen molar-refractivity contribution >= 4 is 33.6 Å². The average molecular weight is 531 g/mol. The number of hydrogen-bond acceptors (Lipinski definition) is 7. The van der Waals surface area contributed by atoms with Gasteiger partial charge in [-0.25, -0.2) is 8.42 Å². The Bertz CT molecular complexity index is 1390. The van der Waals surface area contributed by atoms with Gasteiger partial charge >= 0.3 is 0 Å². The molecule has 3 aromatic carbocycles. The predicted molar refractivity (Wildman–Crippen MR) is 139 cm³/mol. The molecule has 1 atom stereocenters. The number of hydrogen-bond donors (Lipinski definition) is 2. The molecule has 0 saturated carbocycles. The Balaban J connectivity index is 1.76. The Morgan fingerprint density at radius 1 is 1.03 bits per heavy atom. The summed E-state index contributed by atoms with van der Waals surface area (Å²) in [6.45, 7) is 3.46. The molecule has 2 N–H and O–H groups in total. The molecule has 0 aromatic heterocycles. The van der Waals surface area contributed by atoms with E-state index in [1.165, 1.54) is 20.3 Å². The highest BCUT2D eigenvalue weighted by Crippen LogP contribution is 2.39. The molecule has 3 aromatic rings. The fourth-order valence-electron chi connectivity index (χ4n) is 4.09. The first-order valence-electron chi connectivity index (χ1n) is 11.2. The number of aldehydes is 1. The molecule has 0 amide bonds. The topological polar surface area (TPSA) is 103 Å². The van der Waals surface area contributed by atoms with Crippen LogP contribution >= 0.6 is 11.6 Å². The van der Waals surface area contributed by atoms with Crippen LogP contribution in [0.1, 0.15) is 23.7 Å². The van der Waals surface area contributed by atoms with Gasteiger partial charge in [-0.15, -0.1) is 0 Å². The van der Waals surface area contributed by atoms with E-state index in [1.54, 1.807) is 48.5 Å². The summed E-state index contributed by atoms with van der Waals surface area (Å²) in [6.07, 6.45) is 1.50. The summed E-state index contributed by atoms with van der Waals surface area (Å²) in [7, 11) is -1.24. The summed E-state index contributed by atoms with van der Waals surface area (Å²) in [4.78, 5) is 11.3. The van der Waals surface area contributed by atoms with Crippen LogP contribution < -0.4 is 24.2 Å². The van der Waals surface area contributed by atoms with Gasteiger partial charge in [0, 0.05) is 36.2 Å². The van der Waals surface area contributed by atoms with Crippen LogP contribution in [0, 0.1) is 0 Å². The van der Waals surface area contributed by atoms with Crippen LogP contribution in [-0.4, -0.2) is 47.6 Å². The van der Waals surface area contributed by atoms with Crippen LogP contribution in [0.15, 0.2) is 59.5 Å². The number of sulfonamides is 1. The molecule has 8 nitrogen and oxygen atoms in total. The van der Waals surface area contributed by atoms with Gasteiger partial charge in [-0.2, -0.15) is 0 Å². The number of nitrogens with one attached hydrogen (secondary N) is 2. The first-order valence-corrected chi connectivity index (χ1v) is 13.1. The van der Waals surface area contributed by atoms with Crippen LogP contribution in [0.4, 0.5) is 5.69 Å². The van der Waals surface area contributed by atoms with Crippen molar-refractivity contribution in [2.75, 3.05) is 32.0 Å². The van der Waals surface area contributed by atoms with Crippen molar-refractivity contribution in [2.24, 2.45) is 0 Å². The highest BCUT2D eigenvalue weighted by Gasteiger charge is 2.31. The van der Waals surface area contributed by atoms with E-state index in [4.69, 9.17) is 25.8 Å². The molecule has 0 bridgehead atoms. The smallest absolute Gasteiger partial charge is 0.262 e. The minimum atomic E-state index is -4.13. The van der Waals surface area contributed by atoms with Gasteiger partial charge in [0.15, 0.2) is 11.5 Å². The third-order valence-corrected chi connectivity index (χ3v) is 7.71. The van der Waals surface area contributed by atoms with E-state index in [0.717, 1.165) is 13.0 Å². The van der Waals surface area contributed by atoms with Crippen LogP contribution in [-0.2, 0) is 10.0 Å². The van der Waals surface area contributed by atoms with Gasteiger partial charge in [-0.1, -0.05) is 29.8 Å². The molecule has 0 spiro atoms. The van der Waals surface area contributed by atoms with Gasteiger partial charge in [-0.05, 0) is 43.3 Å². The lowest BCUT2D eigenvalue weighted by molar-refractivity contribution is 0.111. The minimum Gasteiger partial charge on any atom is -0.493 e. The number of anilines is 1. The highest BCUT2D eigenvalue weighted by atomic mass is 35.5. The Labute approximate surface area is 215 Å². The van der Waals surface area contributed by atoms with E-state index < -0.39 is 15.6 Å². The fourth-order valence-corrected chi connectivity index (χ4v) is 5.52. The molecule has 1 saturated heterocycles. The number of rotatable bonds is 9. The maximum Gasteiger partial charge on any atom is 0.262 e. The van der Waals surface area contributed by atoms with Crippen LogP contribution in [0.25, 0.3) is 11.1 Å². The Morgan fingerprint density at radius 3 is 2.44 bits per heavy atom. The molecule has 36 heavy (non-hydrogen) atoms. The molecule has 190 valence electrons. The molecule has 0 unspecified atom stereocenters. The maximum atomic E-state index is 13.7. The van der Waals surface area contributed by atoms with E-state index in [9.17, 15) is 13.2 Å². The third kappa shape index (κ3) is 5.43. The van der Waals surface area contributed by atoms with Crippen molar-refractivity contribution in [1.29, 1.82) is 0 Å². The zero-order valence-corrected chi connectivity index (χ0v) is 21.7. The zero-order chi connectivity index (χ0) is 25.9. The lowest BCUT2D eigenvalue weighted by Crippen LogP contribution is -2.34. The second-order valence-corrected chi connectivity index (χ2v) is 10.7. The van der Waals surface area contributed by atoms with Crippen LogP contribution in [0.5, 0.6) is 17.2 Å². The van der Waals surface area contributed by atoms with E-state index in [0.29, 0.717) is 46.0 Å². The first-order chi connectivity index (χ1) is 17.2. The number of benzene rings is 3. The van der Waals surface area contributed by atoms with Gasteiger partial charge < -0.3 is 19.5 Å². The van der Waals surface area contributed by atoms with Gasteiger partial charge in [0.2, 0.25) is 0 Å². The summed E-state index contributed by atoms with van der Waals surface area (Å²) < 4.78 is 46.8. The fraction of sp³-hybridized carbons (Fsp3) is 0.269. The van der Waals surface area contributed by atoms with Crippen molar-refractivity contribution in [1.82, 2.24) is 5.32 Å². The normalized spacial score (nSPS) is 17.4. The van der Waals surface area contributed by atoms with Crippen LogP contribution in [0.3, 0.4) is 0 Å². The SMILES string of the molecule is COc1cc(-c2cccc(C=O)c2)c(S(=O)(=O)Nc2ccc(Cl)c(O[C@]3(C)CCNC3)c2)cc1OC. The van der Waals surface area contributed by atoms with Gasteiger partial charge in [0.05, 0.1) is 29.8 Å². The molecular weight excluding hydrogens is 504 g/mol. The number of halogens is 1. The molecule has 1 aliphatic rings. The molecular formula is C26H27ClN2O6S. The molecule has 0 aliphatic carbocycles. The second kappa shape index (κ2) is 10.4. The number of ether oxygens (including phenoxy) is 3. The molecule has 10 heteroatoms. The summed E-state index contributed by atoms with van der Waals surface area (Å²) in [5.74, 6) is 0.979. The third-order valence-electron chi connectivity index (χ3n) is 5.98. The standard InChI is InChI=1S/C26H27ClN2O6S/c1-26(9-10-28-16-26)35-22-12-19(7-8-21(22)27)29-36(31,32)25-14-24(34-3)23(33-2)13-20(25)18-6-4-5-17(11-18)15-30/h4-8,11-15,28-29H,9-10,16H2,1-3H3/t26-/m1/s1. The van der Waals surface area contributed by atoms with Crippen molar-refractivity contribution < 1.29 is 27.4 Å². The summed E-state index contributed by atoms with van der Waals surface area (Å²) in [5.41, 5.74) is 1.13. The van der Waals surface area contributed by atoms with E-state index in [-0.39, 0.29) is 16.3 Å². The maximum absolute atomic E-state index is 13.7. The lowest BCUT2D eigenvalue weighted by atomic mass is 10.0. The molecule has 4 rings (SSSR count). The summed E-state index contributed by atoms with van der Waals surface area (Å²) in [5, 5.41) is 3.63. The molecule has 1 fully saturated rings. The van der Waals surface area contributed by atoms with Gasteiger partial charge in [-0.3, -0.25) is 9.52 Å². The van der Waals surface area contributed by atoms with E-state index in [2.05, 4.69) is 10.0 Å². The van der Waals surface area contributed by atoms with E-state index in [1.807, 2.05) is 6.92 Å². The largest absolute Gasteiger partial charge is 0.493 e. The number of methoxy groups -OCH3 is 2. The second-order valence-electron chi connectivity index (χ2n) is 8.68. The van der Waals surface area contributed by atoms with Crippen molar-refractivity contribution in [3.63, 3.8) is 0 Å². The Morgan fingerprint density at radius 2 is 1.78 bits per heavy atom. The van der Waals surface area contributed by atoms with Crippen molar-refractivity contribution in [3.05, 3.63) is 65.2 Å². The first kappa shape index (κ1) is 25.8. The lowest BCUT2D eigenvalue weighted by Gasteiger charge is -2.26. The number of carbonyl (C=O) groups is 1. The minimum absolute atomic E-state index is 0.0485. The zero-order valence-electron chi connectivity index (χ0n) is 20.1. The Kier molecular flexibility index (Phi) is 7.44. The average Bonchev–Trinajstić information content (AvgIpc) is 3.30. The molecule has 0 radical (unpaired) electrons. The van der Waals surface area contributed by atoms with E-state index >= 15 is 0 Å². The number of carbonyl (C=O) groups excluding carboxylic acids is 1. The van der Waals surface area contributed by atoms with Crippen molar-refractivity contribution in [2.45, 2.75) is 23.8 Å². The quantitative estimate of drug-likeness (QED) is 0.384. The predicted octanol–water partition coefficient (Wildman–Crippen LogP) is 4.77. The summed E-state index contributed by atoms with van der Waals surface area (Å²) >= 11 is 6.35. The van der Waals surface area contributed by atoms with Gasteiger partial charge in [0.25, 0.3) is 10.0 Å². The van der Waals surface area contributed by atoms with Gasteiger partial charge in [0.1, 0.15) is 17.6 Å². The van der Waals surface area contributed by atoms with Crippen LogP contribution in [0.2, 0.25) is 5.02 Å².